The zero-order valence-electron chi connectivity index (χ0n) is 35.3. The largest absolute Gasteiger partial charge is 0.299 e. The third-order valence-corrected chi connectivity index (χ3v) is 12.8. The highest BCUT2D eigenvalue weighted by atomic mass is 15.3. The summed E-state index contributed by atoms with van der Waals surface area (Å²) in [4.78, 5) is 4.36. The molecule has 4 heteroatoms. The number of hydrogen-bond donors (Lipinski definition) is 2. The van der Waals surface area contributed by atoms with Gasteiger partial charge in [0.2, 0.25) is 0 Å². The van der Waals surface area contributed by atoms with Crippen molar-refractivity contribution in [2.24, 2.45) is 5.10 Å². The molecule has 0 unspecified atom stereocenters. The van der Waals surface area contributed by atoms with Crippen LogP contribution in [0.25, 0.3) is 104 Å². The first-order chi connectivity index (χ1) is 32.1. The van der Waals surface area contributed by atoms with E-state index in [0.29, 0.717) is 11.4 Å². The lowest BCUT2D eigenvalue weighted by Crippen LogP contribution is -2.13. The van der Waals surface area contributed by atoms with E-state index in [1.807, 2.05) is 42.6 Å². The van der Waals surface area contributed by atoms with E-state index in [0.717, 1.165) is 39.1 Å². The van der Waals surface area contributed by atoms with Gasteiger partial charge < -0.3 is 0 Å². The lowest BCUT2D eigenvalue weighted by Gasteiger charge is -2.20. The Balaban J connectivity index is 0.929. The fraction of sp³-hybridized carbons (Fsp3) is 0. The first-order valence-electron chi connectivity index (χ1n) is 22.0. The lowest BCUT2D eigenvalue weighted by molar-refractivity contribution is 1.33. The number of aromatic nitrogens is 1. The van der Waals surface area contributed by atoms with Crippen LogP contribution < -0.4 is 5.43 Å². The molecular formula is C61H40N4. The molecule has 2 N–H and O–H groups in total. The van der Waals surface area contributed by atoms with Gasteiger partial charge in [-0.25, -0.2) is 0 Å². The van der Waals surface area contributed by atoms with E-state index in [1.165, 1.54) is 76.1 Å². The summed E-state index contributed by atoms with van der Waals surface area (Å²) in [5.74, 6) is 0. The SMILES string of the molecule is N=C1C=CC(c2ccc3c(-c4ccc5ccccc5c4)c4ccccc4c(-c4ccc5ccccc5c4)c3c2)=C/C1=N/Nc1ccc(-c2ccc(-c3cccnc3)c3ccccc23)cc1. The molecule has 1 aliphatic carbocycles. The standard InChI is InChI=1S/C61H40N4/c62-58-32-26-45(37-59(58)65-64-49-27-23-41(24-28-49)50-30-31-51(48-14-9-33-63-38-48)53-16-6-5-15-52(50)53)44-25-29-56-57(36-44)61(47-22-20-40-11-2-4-13-43(40)35-47)55-18-8-7-17-54(55)60(56)46-21-19-39-10-1-3-12-42(39)34-46/h1-38,62,64H/b62-58?,65-59-. The number of nitrogens with one attached hydrogen (secondary N) is 2. The third kappa shape index (κ3) is 6.85. The number of fused-ring (bicyclic) bond motifs is 5. The van der Waals surface area contributed by atoms with Gasteiger partial charge in [-0.15, -0.1) is 0 Å². The lowest BCUT2D eigenvalue weighted by atomic mass is 9.84. The summed E-state index contributed by atoms with van der Waals surface area (Å²) in [7, 11) is 0. The maximum atomic E-state index is 8.88. The molecule has 0 atom stereocenters. The van der Waals surface area contributed by atoms with Gasteiger partial charge in [0.15, 0.2) is 0 Å². The minimum absolute atomic E-state index is 0.347. The molecular weight excluding hydrogens is 789 g/mol. The monoisotopic (exact) mass is 828 g/mol. The van der Waals surface area contributed by atoms with Gasteiger partial charge in [0.25, 0.3) is 0 Å². The Morgan fingerprint density at radius 1 is 0.400 bits per heavy atom. The maximum absolute atomic E-state index is 8.88. The average molecular weight is 829 g/mol. The van der Waals surface area contributed by atoms with E-state index >= 15 is 0 Å². The van der Waals surface area contributed by atoms with Gasteiger partial charge in [-0.05, 0) is 152 Å². The van der Waals surface area contributed by atoms with Crippen molar-refractivity contribution in [2.45, 2.75) is 0 Å². The van der Waals surface area contributed by atoms with Crippen molar-refractivity contribution in [3.63, 3.8) is 0 Å². The van der Waals surface area contributed by atoms with Crippen molar-refractivity contribution in [3.05, 3.63) is 236 Å². The summed E-state index contributed by atoms with van der Waals surface area (Å²) in [5, 5.41) is 25.7. The highest BCUT2D eigenvalue weighted by Gasteiger charge is 2.20. The molecule has 0 spiro atoms. The summed E-state index contributed by atoms with van der Waals surface area (Å²) in [5.41, 5.74) is 16.4. The van der Waals surface area contributed by atoms with Crippen LogP contribution >= 0.6 is 0 Å². The normalized spacial score (nSPS) is 13.3. The molecule has 0 bridgehead atoms. The fourth-order valence-corrected chi connectivity index (χ4v) is 9.65. The third-order valence-electron chi connectivity index (χ3n) is 12.8. The predicted octanol–water partition coefficient (Wildman–Crippen LogP) is 16.0. The molecule has 0 fully saturated rings. The Hall–Kier alpha value is -8.73. The molecule has 10 aromatic carbocycles. The van der Waals surface area contributed by atoms with Crippen molar-refractivity contribution >= 4 is 76.5 Å². The number of pyridine rings is 1. The van der Waals surface area contributed by atoms with Crippen LogP contribution in [0.1, 0.15) is 5.56 Å². The van der Waals surface area contributed by atoms with Gasteiger partial charge >= 0.3 is 0 Å². The number of benzene rings is 10. The van der Waals surface area contributed by atoms with Gasteiger partial charge in [-0.1, -0.05) is 170 Å². The van der Waals surface area contributed by atoms with E-state index in [-0.39, 0.29) is 0 Å². The zero-order chi connectivity index (χ0) is 43.3. The van der Waals surface area contributed by atoms with Crippen molar-refractivity contribution < 1.29 is 0 Å². The molecule has 11 aromatic rings. The minimum atomic E-state index is 0.347. The minimum Gasteiger partial charge on any atom is -0.299 e. The van der Waals surface area contributed by atoms with Crippen molar-refractivity contribution in [1.29, 1.82) is 5.41 Å². The van der Waals surface area contributed by atoms with E-state index in [2.05, 4.69) is 192 Å². The second kappa shape index (κ2) is 15.9. The van der Waals surface area contributed by atoms with Gasteiger partial charge in [-0.3, -0.25) is 15.8 Å². The van der Waals surface area contributed by atoms with Crippen LogP contribution in [0.15, 0.2) is 236 Å². The van der Waals surface area contributed by atoms with Crippen molar-refractivity contribution in [1.82, 2.24) is 4.98 Å². The zero-order valence-corrected chi connectivity index (χ0v) is 35.3. The molecule has 12 rings (SSSR count). The topological polar surface area (TPSA) is 61.1 Å². The Kier molecular flexibility index (Phi) is 9.28. The Morgan fingerprint density at radius 2 is 0.938 bits per heavy atom. The molecule has 1 aliphatic rings. The number of nitrogens with zero attached hydrogens (tertiary/aromatic N) is 2. The van der Waals surface area contributed by atoms with Gasteiger partial charge in [0.05, 0.1) is 11.4 Å². The molecule has 0 saturated carbocycles. The smallest absolute Gasteiger partial charge is 0.109 e. The van der Waals surface area contributed by atoms with Crippen LogP contribution in [0.5, 0.6) is 0 Å². The van der Waals surface area contributed by atoms with Crippen LogP contribution in [0.4, 0.5) is 5.69 Å². The average Bonchev–Trinajstić information content (AvgIpc) is 3.37. The highest BCUT2D eigenvalue weighted by molar-refractivity contribution is 6.51. The van der Waals surface area contributed by atoms with Crippen molar-refractivity contribution in [3.8, 4) is 44.5 Å². The molecule has 65 heavy (non-hydrogen) atoms. The summed E-state index contributed by atoms with van der Waals surface area (Å²) in [6, 6.07) is 71.8. The summed E-state index contributed by atoms with van der Waals surface area (Å²) in [6.07, 6.45) is 9.61. The van der Waals surface area contributed by atoms with Crippen molar-refractivity contribution in [2.75, 3.05) is 5.43 Å². The van der Waals surface area contributed by atoms with Crippen LogP contribution in [-0.4, -0.2) is 16.4 Å². The quantitative estimate of drug-likeness (QED) is 0.0955. The molecule has 1 heterocycles. The van der Waals surface area contributed by atoms with Crippen LogP contribution in [0.2, 0.25) is 0 Å². The number of anilines is 1. The molecule has 0 aliphatic heterocycles. The molecule has 0 saturated heterocycles. The fourth-order valence-electron chi connectivity index (χ4n) is 9.65. The van der Waals surface area contributed by atoms with Crippen LogP contribution in [0, 0.1) is 5.41 Å². The first-order valence-corrected chi connectivity index (χ1v) is 22.0. The van der Waals surface area contributed by atoms with E-state index < -0.39 is 0 Å². The van der Waals surface area contributed by atoms with E-state index in [1.54, 1.807) is 6.20 Å². The van der Waals surface area contributed by atoms with Crippen LogP contribution in [0.3, 0.4) is 0 Å². The number of hydrogen-bond acceptors (Lipinski definition) is 4. The Labute approximate surface area is 376 Å². The summed E-state index contributed by atoms with van der Waals surface area (Å²) < 4.78 is 0. The van der Waals surface area contributed by atoms with Gasteiger partial charge in [0.1, 0.15) is 5.71 Å². The summed E-state index contributed by atoms with van der Waals surface area (Å²) in [6.45, 7) is 0. The number of allylic oxidation sites excluding steroid dienone is 4. The molecule has 1 aromatic heterocycles. The summed E-state index contributed by atoms with van der Waals surface area (Å²) >= 11 is 0. The predicted molar refractivity (Wildman–Crippen MR) is 276 cm³/mol. The molecule has 0 radical (unpaired) electrons. The van der Waals surface area contributed by atoms with E-state index in [9.17, 15) is 0 Å². The molecule has 4 nitrogen and oxygen atoms in total. The first kappa shape index (κ1) is 38.0. The van der Waals surface area contributed by atoms with Crippen LogP contribution in [-0.2, 0) is 0 Å². The van der Waals surface area contributed by atoms with Gasteiger partial charge in [0, 0.05) is 18.0 Å². The number of rotatable bonds is 7. The number of hydrazone groups is 1. The Bertz CT molecular complexity index is 3800. The Morgan fingerprint density at radius 3 is 1.57 bits per heavy atom. The molecule has 304 valence electrons. The molecule has 0 amide bonds. The second-order valence-corrected chi connectivity index (χ2v) is 16.7. The highest BCUT2D eigenvalue weighted by Crippen LogP contribution is 2.46. The maximum Gasteiger partial charge on any atom is 0.109 e. The van der Waals surface area contributed by atoms with Gasteiger partial charge in [-0.2, -0.15) is 5.10 Å². The second-order valence-electron chi connectivity index (χ2n) is 16.7. The van der Waals surface area contributed by atoms with E-state index in [4.69, 9.17) is 10.5 Å².